The van der Waals surface area contributed by atoms with E-state index in [2.05, 4.69) is 55.4 Å². The van der Waals surface area contributed by atoms with Gasteiger partial charge in [0.25, 0.3) is 0 Å². The number of phosphoric ester groups is 2. The zero-order valence-corrected chi connectivity index (χ0v) is 67.6. The molecule has 0 saturated carbocycles. The van der Waals surface area contributed by atoms with E-state index in [1.807, 2.05) is 0 Å². The second kappa shape index (κ2) is 70.1. The van der Waals surface area contributed by atoms with Crippen LogP contribution in [0.15, 0.2) is 0 Å². The maximum Gasteiger partial charge on any atom is 0.472 e. The highest BCUT2D eigenvalue weighted by atomic mass is 31.2. The Balaban J connectivity index is 5.20. The zero-order valence-electron chi connectivity index (χ0n) is 65.8. The molecule has 0 aliphatic rings. The van der Waals surface area contributed by atoms with E-state index in [1.54, 1.807) is 0 Å². The molecular formula is C81H158O17P2. The minimum absolute atomic E-state index is 0.102. The molecule has 3 N–H and O–H groups in total. The lowest BCUT2D eigenvalue weighted by atomic mass is 9.99. The molecule has 0 spiro atoms. The van der Waals surface area contributed by atoms with E-state index in [4.69, 9.17) is 37.0 Å². The Morgan fingerprint density at radius 1 is 0.280 bits per heavy atom. The van der Waals surface area contributed by atoms with Gasteiger partial charge in [0.1, 0.15) is 19.3 Å². The van der Waals surface area contributed by atoms with Gasteiger partial charge in [-0.15, -0.1) is 0 Å². The van der Waals surface area contributed by atoms with Crippen LogP contribution >= 0.6 is 15.6 Å². The Bertz CT molecular complexity index is 1960. The summed E-state index contributed by atoms with van der Waals surface area (Å²) >= 11 is 0. The van der Waals surface area contributed by atoms with E-state index in [0.717, 1.165) is 114 Å². The number of aliphatic hydroxyl groups excluding tert-OH is 1. The lowest BCUT2D eigenvalue weighted by molar-refractivity contribution is -0.161. The van der Waals surface area contributed by atoms with Gasteiger partial charge in [0.2, 0.25) is 0 Å². The van der Waals surface area contributed by atoms with E-state index in [0.29, 0.717) is 31.6 Å². The quantitative estimate of drug-likeness (QED) is 0.0222. The molecule has 0 aliphatic carbocycles. The highest BCUT2D eigenvalue weighted by Gasteiger charge is 2.30. The monoisotopic (exact) mass is 1470 g/mol. The number of carbonyl (C=O) groups excluding carboxylic acids is 4. The van der Waals surface area contributed by atoms with Crippen LogP contribution in [0.5, 0.6) is 0 Å². The summed E-state index contributed by atoms with van der Waals surface area (Å²) in [7, 11) is -9.92. The van der Waals surface area contributed by atoms with Gasteiger partial charge < -0.3 is 33.8 Å². The number of hydrogen-bond donors (Lipinski definition) is 3. The van der Waals surface area contributed by atoms with Crippen LogP contribution in [0.2, 0.25) is 0 Å². The first-order valence-electron chi connectivity index (χ1n) is 41.8. The summed E-state index contributed by atoms with van der Waals surface area (Å²) in [5, 5.41) is 10.6. The predicted octanol–water partition coefficient (Wildman–Crippen LogP) is 24.0. The summed E-state index contributed by atoms with van der Waals surface area (Å²) < 4.78 is 68.6. The molecule has 0 rings (SSSR count). The fraction of sp³-hybridized carbons (Fsp3) is 0.951. The Kier molecular flexibility index (Phi) is 68.7. The number of ether oxygens (including phenoxy) is 4. The van der Waals surface area contributed by atoms with Crippen molar-refractivity contribution in [2.45, 2.75) is 433 Å². The number of rotatable bonds is 78. The van der Waals surface area contributed by atoms with Gasteiger partial charge in [0.15, 0.2) is 12.2 Å². The van der Waals surface area contributed by atoms with Crippen LogP contribution in [0.1, 0.15) is 415 Å². The molecule has 17 nitrogen and oxygen atoms in total. The number of carbonyl (C=O) groups is 4. The molecule has 0 aromatic rings. The molecule has 0 saturated heterocycles. The third-order valence-corrected chi connectivity index (χ3v) is 21.8. The van der Waals surface area contributed by atoms with E-state index in [1.165, 1.54) is 212 Å². The molecule has 0 bridgehead atoms. The molecule has 0 aromatic carbocycles. The van der Waals surface area contributed by atoms with Crippen molar-refractivity contribution in [1.82, 2.24) is 0 Å². The molecule has 6 unspecified atom stereocenters. The highest BCUT2D eigenvalue weighted by molar-refractivity contribution is 7.47. The molecule has 19 heteroatoms. The largest absolute Gasteiger partial charge is 0.472 e. The normalized spacial score (nSPS) is 14.8. The zero-order chi connectivity index (χ0) is 73.8. The number of phosphoric acid groups is 2. The molecule has 0 amide bonds. The van der Waals surface area contributed by atoms with Crippen LogP contribution in [0.25, 0.3) is 0 Å². The second-order valence-corrected chi connectivity index (χ2v) is 33.3. The van der Waals surface area contributed by atoms with Gasteiger partial charge in [0, 0.05) is 25.7 Å². The third-order valence-electron chi connectivity index (χ3n) is 19.9. The minimum atomic E-state index is -4.96. The first-order valence-corrected chi connectivity index (χ1v) is 44.8. The molecule has 0 aliphatic heterocycles. The van der Waals surface area contributed by atoms with Crippen LogP contribution in [0.3, 0.4) is 0 Å². The van der Waals surface area contributed by atoms with Crippen molar-refractivity contribution in [2.24, 2.45) is 23.7 Å². The second-order valence-electron chi connectivity index (χ2n) is 30.4. The summed E-state index contributed by atoms with van der Waals surface area (Å²) in [6, 6.07) is 0. The van der Waals surface area contributed by atoms with E-state index >= 15 is 0 Å². The third kappa shape index (κ3) is 70.4. The van der Waals surface area contributed by atoms with Crippen molar-refractivity contribution in [3.8, 4) is 0 Å². The van der Waals surface area contributed by atoms with Crippen LogP contribution in [0, 0.1) is 23.7 Å². The fourth-order valence-electron chi connectivity index (χ4n) is 12.3. The van der Waals surface area contributed by atoms with E-state index in [9.17, 15) is 43.2 Å². The minimum Gasteiger partial charge on any atom is -0.462 e. The summed E-state index contributed by atoms with van der Waals surface area (Å²) in [4.78, 5) is 72.9. The average molecular weight is 1470 g/mol. The topological polar surface area (TPSA) is 237 Å². The van der Waals surface area contributed by atoms with Crippen molar-refractivity contribution in [1.29, 1.82) is 0 Å². The molecule has 594 valence electrons. The number of aliphatic hydroxyl groups is 1. The summed E-state index contributed by atoms with van der Waals surface area (Å²) in [5.74, 6) is 1.03. The van der Waals surface area contributed by atoms with Crippen molar-refractivity contribution >= 4 is 39.5 Å². The number of unbranched alkanes of at least 4 members (excludes halogenated alkanes) is 41. The molecule has 0 fully saturated rings. The van der Waals surface area contributed by atoms with Crippen LogP contribution in [-0.2, 0) is 65.4 Å². The number of esters is 4. The highest BCUT2D eigenvalue weighted by Crippen LogP contribution is 2.45. The standard InChI is InChI=1S/C81H158O17P2/c1-9-72(6)58-50-42-34-28-24-20-16-14-12-13-15-17-23-27-31-37-47-55-63-80(85)97-76(67-91-78(83)61-53-45-36-30-26-22-19-18-21-25-29-35-43-51-59-73(7)10-2)69-95-99(87,88)93-65-75(82)66-94-100(89,90)96-70-77(98-81(86)64-56-48-40-39-44-52-60-74(8)11-3)68-92-79(84)62-54-46-38-32-33-41-49-57-71(4)5/h71-77,82H,9-70H2,1-8H3,(H,87,88)(H,89,90)/t72?,73?,74?,75?,76-,77-/m1/s1. The average Bonchev–Trinajstić information content (AvgIpc) is 0.937. The molecule has 0 heterocycles. The van der Waals surface area contributed by atoms with Gasteiger partial charge in [-0.05, 0) is 49.4 Å². The van der Waals surface area contributed by atoms with Crippen LogP contribution in [-0.4, -0.2) is 96.7 Å². The van der Waals surface area contributed by atoms with Crippen molar-refractivity contribution in [3.05, 3.63) is 0 Å². The van der Waals surface area contributed by atoms with Gasteiger partial charge >= 0.3 is 39.5 Å². The van der Waals surface area contributed by atoms with Gasteiger partial charge in [-0.3, -0.25) is 37.3 Å². The van der Waals surface area contributed by atoms with E-state index in [-0.39, 0.29) is 25.7 Å². The first-order chi connectivity index (χ1) is 48.2. The SMILES string of the molecule is CCC(C)CCCCCCCCCCCCCCCCCCCCC(=O)O[C@H](COC(=O)CCCCCCCCCCCCCCCCC(C)CC)COP(=O)(O)OCC(O)COP(=O)(O)OC[C@@H](COC(=O)CCCCCCCCCC(C)C)OC(=O)CCCCCCCCC(C)CC. The Labute approximate surface area is 613 Å². The van der Waals surface area contributed by atoms with E-state index < -0.39 is 97.5 Å². The Morgan fingerprint density at radius 2 is 0.480 bits per heavy atom. The molecule has 0 aromatic heterocycles. The Morgan fingerprint density at radius 3 is 0.710 bits per heavy atom. The van der Waals surface area contributed by atoms with Gasteiger partial charge in [-0.25, -0.2) is 9.13 Å². The van der Waals surface area contributed by atoms with Gasteiger partial charge in [-0.2, -0.15) is 0 Å². The summed E-state index contributed by atoms with van der Waals surface area (Å²) in [6.45, 7) is 14.2. The van der Waals surface area contributed by atoms with Crippen molar-refractivity contribution in [2.75, 3.05) is 39.6 Å². The Hall–Kier alpha value is -1.94. The molecular weight excluding hydrogens is 1310 g/mol. The van der Waals surface area contributed by atoms with Crippen LogP contribution in [0.4, 0.5) is 0 Å². The van der Waals surface area contributed by atoms with Crippen molar-refractivity contribution < 1.29 is 80.2 Å². The maximum atomic E-state index is 13.1. The molecule has 100 heavy (non-hydrogen) atoms. The first kappa shape index (κ1) is 98.1. The fourth-order valence-corrected chi connectivity index (χ4v) is 13.9. The maximum absolute atomic E-state index is 13.1. The van der Waals surface area contributed by atoms with Crippen LogP contribution < -0.4 is 0 Å². The lowest BCUT2D eigenvalue weighted by Gasteiger charge is -2.21. The van der Waals surface area contributed by atoms with Crippen molar-refractivity contribution in [3.63, 3.8) is 0 Å². The lowest BCUT2D eigenvalue weighted by Crippen LogP contribution is -2.30. The predicted molar refractivity (Wildman–Crippen MR) is 409 cm³/mol. The van der Waals surface area contributed by atoms with Gasteiger partial charge in [0.05, 0.1) is 26.4 Å². The molecule has 8 atom stereocenters. The summed E-state index contributed by atoms with van der Waals surface area (Å²) in [5.41, 5.74) is 0. The summed E-state index contributed by atoms with van der Waals surface area (Å²) in [6.07, 6.45) is 57.1. The van der Waals surface area contributed by atoms with Gasteiger partial charge in [-0.1, -0.05) is 364 Å². The molecule has 0 radical (unpaired) electrons. The number of hydrogen-bond acceptors (Lipinski definition) is 15. The smallest absolute Gasteiger partial charge is 0.462 e.